The molecule has 3 nitrogen and oxygen atoms in total. The van der Waals surface area contributed by atoms with Gasteiger partial charge in [-0.2, -0.15) is 0 Å². The molecule has 0 amide bonds. The van der Waals surface area contributed by atoms with Crippen LogP contribution in [-0.2, 0) is 16.4 Å². The summed E-state index contributed by atoms with van der Waals surface area (Å²) in [6, 6.07) is 4.32. The van der Waals surface area contributed by atoms with E-state index in [1.807, 2.05) is 0 Å². The topological polar surface area (TPSA) is 54.4 Å². The Hall–Kier alpha value is -0.580. The van der Waals surface area contributed by atoms with E-state index in [0.717, 1.165) is 6.26 Å². The van der Waals surface area contributed by atoms with Crippen molar-refractivity contribution < 1.29 is 13.5 Å². The van der Waals surface area contributed by atoms with Crippen molar-refractivity contribution in [2.75, 3.05) is 6.26 Å². The van der Waals surface area contributed by atoms with E-state index in [2.05, 4.69) is 0 Å². The molecule has 0 saturated heterocycles. The number of benzene rings is 1. The molecule has 0 spiro atoms. The summed E-state index contributed by atoms with van der Waals surface area (Å²) in [5.41, 5.74) is 0.329. The van der Waals surface area contributed by atoms with E-state index < -0.39 is 9.84 Å². The monoisotopic (exact) mass is 220 g/mol. The molecular formula is C8H9ClO3S. The maximum absolute atomic E-state index is 11.2. The zero-order valence-electron chi connectivity index (χ0n) is 6.99. The lowest BCUT2D eigenvalue weighted by atomic mass is 10.2. The van der Waals surface area contributed by atoms with E-state index in [-0.39, 0.29) is 11.5 Å². The average Bonchev–Trinajstić information content (AvgIpc) is 2.01. The van der Waals surface area contributed by atoms with Gasteiger partial charge in [-0.3, -0.25) is 0 Å². The first-order chi connectivity index (χ1) is 5.95. The van der Waals surface area contributed by atoms with Gasteiger partial charge in [-0.15, -0.1) is 0 Å². The SMILES string of the molecule is CS(=O)(=O)c1ccc(Cl)cc1CO. The summed E-state index contributed by atoms with van der Waals surface area (Å²) >= 11 is 5.64. The van der Waals surface area contributed by atoms with Crippen molar-refractivity contribution in [3.05, 3.63) is 28.8 Å². The Morgan fingerprint density at radius 2 is 2.08 bits per heavy atom. The summed E-state index contributed by atoms with van der Waals surface area (Å²) in [5, 5.41) is 9.30. The third kappa shape index (κ3) is 2.43. The van der Waals surface area contributed by atoms with Crippen molar-refractivity contribution in [1.82, 2.24) is 0 Å². The molecule has 0 aromatic heterocycles. The molecule has 13 heavy (non-hydrogen) atoms. The van der Waals surface area contributed by atoms with Gasteiger partial charge < -0.3 is 5.11 Å². The van der Waals surface area contributed by atoms with Crippen LogP contribution in [0.2, 0.25) is 5.02 Å². The minimum atomic E-state index is -3.28. The molecule has 0 aliphatic heterocycles. The lowest BCUT2D eigenvalue weighted by Crippen LogP contribution is -2.02. The van der Waals surface area contributed by atoms with Crippen LogP contribution in [0.1, 0.15) is 5.56 Å². The van der Waals surface area contributed by atoms with Crippen LogP contribution in [0.15, 0.2) is 23.1 Å². The minimum Gasteiger partial charge on any atom is -0.392 e. The lowest BCUT2D eigenvalue weighted by molar-refractivity contribution is 0.278. The Kier molecular flexibility index (Phi) is 2.95. The Morgan fingerprint density at radius 1 is 1.46 bits per heavy atom. The fourth-order valence-corrected chi connectivity index (χ4v) is 2.14. The number of rotatable bonds is 2. The van der Waals surface area contributed by atoms with E-state index >= 15 is 0 Å². The van der Waals surface area contributed by atoms with Gasteiger partial charge in [0.2, 0.25) is 0 Å². The predicted octanol–water partition coefficient (Wildman–Crippen LogP) is 1.24. The van der Waals surface area contributed by atoms with Gasteiger partial charge in [0.05, 0.1) is 11.5 Å². The van der Waals surface area contributed by atoms with Gasteiger partial charge in [-0.1, -0.05) is 11.6 Å². The Morgan fingerprint density at radius 3 is 2.54 bits per heavy atom. The maximum Gasteiger partial charge on any atom is 0.175 e. The summed E-state index contributed by atoms with van der Waals surface area (Å²) in [4.78, 5) is 0.124. The zero-order valence-corrected chi connectivity index (χ0v) is 8.56. The first-order valence-electron chi connectivity index (χ1n) is 3.54. The van der Waals surface area contributed by atoms with Gasteiger partial charge in [0.1, 0.15) is 0 Å². The van der Waals surface area contributed by atoms with Crippen molar-refractivity contribution in [1.29, 1.82) is 0 Å². The van der Waals surface area contributed by atoms with Crippen molar-refractivity contribution in [2.24, 2.45) is 0 Å². The predicted molar refractivity (Wildman–Crippen MR) is 50.5 cm³/mol. The lowest BCUT2D eigenvalue weighted by Gasteiger charge is -2.04. The van der Waals surface area contributed by atoms with E-state index in [9.17, 15) is 8.42 Å². The van der Waals surface area contributed by atoms with Crippen LogP contribution in [-0.4, -0.2) is 19.8 Å². The summed E-state index contributed by atoms with van der Waals surface area (Å²) in [6.45, 7) is -0.330. The molecule has 0 aliphatic carbocycles. The standard InChI is InChI=1S/C8H9ClO3S/c1-13(11,12)8-3-2-7(9)4-6(8)5-10/h2-4,10H,5H2,1H3. The molecule has 0 saturated carbocycles. The third-order valence-corrected chi connectivity index (χ3v) is 3.02. The third-order valence-electron chi connectivity index (χ3n) is 1.59. The van der Waals surface area contributed by atoms with Gasteiger partial charge in [0, 0.05) is 11.3 Å². The molecule has 0 fully saturated rings. The van der Waals surface area contributed by atoms with E-state index in [1.165, 1.54) is 18.2 Å². The highest BCUT2D eigenvalue weighted by atomic mass is 35.5. The van der Waals surface area contributed by atoms with Gasteiger partial charge in [0.25, 0.3) is 0 Å². The molecule has 5 heteroatoms. The quantitative estimate of drug-likeness (QED) is 0.816. The largest absolute Gasteiger partial charge is 0.392 e. The van der Waals surface area contributed by atoms with Crippen LogP contribution in [0, 0.1) is 0 Å². The Labute approximate surface area is 81.9 Å². The Bertz CT molecular complexity index is 411. The van der Waals surface area contributed by atoms with Crippen LogP contribution in [0.25, 0.3) is 0 Å². The van der Waals surface area contributed by atoms with Gasteiger partial charge >= 0.3 is 0 Å². The molecule has 0 unspecified atom stereocenters. The van der Waals surface area contributed by atoms with Crippen LogP contribution < -0.4 is 0 Å². The highest BCUT2D eigenvalue weighted by Gasteiger charge is 2.12. The highest BCUT2D eigenvalue weighted by Crippen LogP contribution is 2.20. The molecule has 0 atom stereocenters. The maximum atomic E-state index is 11.2. The number of halogens is 1. The first-order valence-corrected chi connectivity index (χ1v) is 5.81. The minimum absolute atomic E-state index is 0.124. The normalized spacial score (nSPS) is 11.6. The number of sulfone groups is 1. The molecule has 1 N–H and O–H groups in total. The van der Waals surface area contributed by atoms with Gasteiger partial charge in [-0.25, -0.2) is 8.42 Å². The fraction of sp³-hybridized carbons (Fsp3) is 0.250. The number of hydrogen-bond acceptors (Lipinski definition) is 3. The molecule has 0 bridgehead atoms. The first kappa shape index (κ1) is 10.5. The van der Waals surface area contributed by atoms with Crippen molar-refractivity contribution in [3.8, 4) is 0 Å². The summed E-state index contributed by atoms with van der Waals surface area (Å²) in [6.07, 6.45) is 1.09. The van der Waals surface area contributed by atoms with Crippen molar-refractivity contribution in [3.63, 3.8) is 0 Å². The van der Waals surface area contributed by atoms with E-state index in [1.54, 1.807) is 0 Å². The van der Waals surface area contributed by atoms with Crippen LogP contribution in [0.4, 0.5) is 0 Å². The summed E-state index contributed by atoms with van der Waals surface area (Å²) in [5.74, 6) is 0. The molecule has 0 radical (unpaired) electrons. The fourth-order valence-electron chi connectivity index (χ4n) is 1.03. The second-order valence-corrected chi connectivity index (χ2v) is 5.10. The second-order valence-electron chi connectivity index (χ2n) is 2.68. The second kappa shape index (κ2) is 3.65. The Balaban J connectivity index is 3.39. The molecule has 1 aromatic carbocycles. The van der Waals surface area contributed by atoms with E-state index in [4.69, 9.17) is 16.7 Å². The molecular weight excluding hydrogens is 212 g/mol. The molecule has 1 aromatic rings. The zero-order chi connectivity index (χ0) is 10.1. The number of aliphatic hydroxyl groups is 1. The van der Waals surface area contributed by atoms with E-state index in [0.29, 0.717) is 10.6 Å². The van der Waals surface area contributed by atoms with Crippen LogP contribution >= 0.6 is 11.6 Å². The van der Waals surface area contributed by atoms with Crippen molar-refractivity contribution >= 4 is 21.4 Å². The molecule has 0 heterocycles. The summed E-state index contributed by atoms with van der Waals surface area (Å²) < 4.78 is 22.3. The van der Waals surface area contributed by atoms with Crippen LogP contribution in [0.3, 0.4) is 0 Å². The van der Waals surface area contributed by atoms with Crippen LogP contribution in [0.5, 0.6) is 0 Å². The molecule has 1 rings (SSSR count). The highest BCUT2D eigenvalue weighted by molar-refractivity contribution is 7.90. The van der Waals surface area contributed by atoms with Gasteiger partial charge in [0.15, 0.2) is 9.84 Å². The number of hydrogen-bond donors (Lipinski definition) is 1. The molecule has 72 valence electrons. The van der Waals surface area contributed by atoms with Gasteiger partial charge in [-0.05, 0) is 23.8 Å². The number of aliphatic hydroxyl groups excluding tert-OH is 1. The summed E-state index contributed by atoms with van der Waals surface area (Å²) in [7, 11) is -3.28. The van der Waals surface area contributed by atoms with Crippen molar-refractivity contribution in [2.45, 2.75) is 11.5 Å². The smallest absolute Gasteiger partial charge is 0.175 e. The molecule has 0 aliphatic rings. The average molecular weight is 221 g/mol.